The average Bonchev–Trinajstić information content (AvgIpc) is 2.75. The molecule has 0 unspecified atom stereocenters. The molecule has 0 bridgehead atoms. The van der Waals surface area contributed by atoms with Crippen molar-refractivity contribution in [3.05, 3.63) is 0 Å². The Hall–Kier alpha value is -0.0400. The maximum absolute atomic E-state index is 5.99. The molecule has 0 aromatic carbocycles. The molecule has 1 heteroatoms. The molecule has 2 saturated carbocycles. The summed E-state index contributed by atoms with van der Waals surface area (Å²) in [5, 5.41) is 0. The molecular weight excluding hydrogens is 352 g/mol. The summed E-state index contributed by atoms with van der Waals surface area (Å²) in [6.45, 7) is 6.67. The second kappa shape index (κ2) is 16.6. The number of hydrogen-bond donors (Lipinski definition) is 0. The molecule has 0 aromatic heterocycles. The van der Waals surface area contributed by atoms with Gasteiger partial charge in [-0.15, -0.1) is 0 Å². The number of unbranched alkanes of at least 4 members (excludes halogenated alkanes) is 4. The standard InChI is InChI=1S/C28H54O/c1-3-5-7-11-25-15-19-27(20-16-25)13-9-23-29-24-10-14-28-21-17-26(18-22-28)12-8-6-4-2/h25-28H,3-24H2,1-2H3/t25-,26-,27-,28-. The molecule has 2 fully saturated rings. The van der Waals surface area contributed by atoms with E-state index in [1.165, 1.54) is 128 Å². The molecule has 0 atom stereocenters. The molecule has 2 aliphatic rings. The van der Waals surface area contributed by atoms with Crippen LogP contribution in [0.3, 0.4) is 0 Å². The minimum absolute atomic E-state index is 1.01. The summed E-state index contributed by atoms with van der Waals surface area (Å²) >= 11 is 0. The fourth-order valence-corrected chi connectivity index (χ4v) is 6.03. The minimum atomic E-state index is 1.01. The van der Waals surface area contributed by atoms with Gasteiger partial charge in [-0.3, -0.25) is 0 Å². The van der Waals surface area contributed by atoms with Crippen LogP contribution in [0, 0.1) is 23.7 Å². The first kappa shape index (κ1) is 25.2. The highest BCUT2D eigenvalue weighted by molar-refractivity contribution is 4.74. The van der Waals surface area contributed by atoms with Crippen molar-refractivity contribution in [1.29, 1.82) is 0 Å². The summed E-state index contributed by atoms with van der Waals surface area (Å²) in [5.41, 5.74) is 0. The van der Waals surface area contributed by atoms with Crippen LogP contribution in [-0.2, 0) is 4.74 Å². The summed E-state index contributed by atoms with van der Waals surface area (Å²) < 4.78 is 5.99. The Morgan fingerprint density at radius 2 is 0.759 bits per heavy atom. The van der Waals surface area contributed by atoms with E-state index in [0.29, 0.717) is 0 Å². The van der Waals surface area contributed by atoms with Gasteiger partial charge in [0.1, 0.15) is 0 Å². The van der Waals surface area contributed by atoms with Crippen molar-refractivity contribution in [2.45, 2.75) is 142 Å². The normalized spacial score (nSPS) is 27.9. The summed E-state index contributed by atoms with van der Waals surface area (Å²) in [6, 6.07) is 0. The van der Waals surface area contributed by atoms with Crippen LogP contribution in [0.15, 0.2) is 0 Å². The molecule has 0 radical (unpaired) electrons. The van der Waals surface area contributed by atoms with Crippen molar-refractivity contribution in [1.82, 2.24) is 0 Å². The lowest BCUT2D eigenvalue weighted by Crippen LogP contribution is -2.16. The van der Waals surface area contributed by atoms with Crippen LogP contribution in [0.5, 0.6) is 0 Å². The monoisotopic (exact) mass is 406 g/mol. The zero-order valence-corrected chi connectivity index (χ0v) is 20.3. The van der Waals surface area contributed by atoms with Crippen molar-refractivity contribution in [3.63, 3.8) is 0 Å². The van der Waals surface area contributed by atoms with Crippen LogP contribution >= 0.6 is 0 Å². The van der Waals surface area contributed by atoms with Crippen molar-refractivity contribution >= 4 is 0 Å². The van der Waals surface area contributed by atoms with Gasteiger partial charge in [0, 0.05) is 13.2 Å². The van der Waals surface area contributed by atoms with Gasteiger partial charge in [-0.25, -0.2) is 0 Å². The highest BCUT2D eigenvalue weighted by atomic mass is 16.5. The summed E-state index contributed by atoms with van der Waals surface area (Å²) in [6.07, 6.45) is 29.0. The predicted octanol–water partition coefficient (Wildman–Crippen LogP) is 9.34. The van der Waals surface area contributed by atoms with E-state index >= 15 is 0 Å². The fraction of sp³-hybridized carbons (Fsp3) is 1.00. The molecule has 0 spiro atoms. The highest BCUT2D eigenvalue weighted by Gasteiger charge is 2.21. The minimum Gasteiger partial charge on any atom is -0.381 e. The van der Waals surface area contributed by atoms with Crippen LogP contribution < -0.4 is 0 Å². The first-order chi connectivity index (χ1) is 14.3. The van der Waals surface area contributed by atoms with E-state index in [-0.39, 0.29) is 0 Å². The Morgan fingerprint density at radius 3 is 1.07 bits per heavy atom. The van der Waals surface area contributed by atoms with Gasteiger partial charge in [0.15, 0.2) is 0 Å². The van der Waals surface area contributed by atoms with Gasteiger partial charge in [-0.1, -0.05) is 117 Å². The van der Waals surface area contributed by atoms with Crippen molar-refractivity contribution in [2.75, 3.05) is 13.2 Å². The van der Waals surface area contributed by atoms with Crippen molar-refractivity contribution in [3.8, 4) is 0 Å². The van der Waals surface area contributed by atoms with E-state index < -0.39 is 0 Å². The van der Waals surface area contributed by atoms with E-state index in [9.17, 15) is 0 Å². The quantitative estimate of drug-likeness (QED) is 0.232. The molecule has 0 amide bonds. The third-order valence-electron chi connectivity index (χ3n) is 8.17. The third kappa shape index (κ3) is 11.8. The first-order valence-electron chi connectivity index (χ1n) is 13.9. The molecule has 0 heterocycles. The van der Waals surface area contributed by atoms with E-state index in [4.69, 9.17) is 4.74 Å². The molecule has 0 aliphatic heterocycles. The van der Waals surface area contributed by atoms with E-state index in [1.54, 1.807) is 0 Å². The number of hydrogen-bond acceptors (Lipinski definition) is 1. The molecule has 1 nitrogen and oxygen atoms in total. The second-order valence-corrected chi connectivity index (χ2v) is 10.7. The number of rotatable bonds is 16. The third-order valence-corrected chi connectivity index (χ3v) is 8.17. The van der Waals surface area contributed by atoms with Gasteiger partial charge in [0.05, 0.1) is 0 Å². The maximum atomic E-state index is 5.99. The lowest BCUT2D eigenvalue weighted by atomic mass is 9.78. The van der Waals surface area contributed by atoms with Gasteiger partial charge in [-0.2, -0.15) is 0 Å². The zero-order chi connectivity index (χ0) is 20.6. The van der Waals surface area contributed by atoms with Crippen molar-refractivity contribution in [2.24, 2.45) is 23.7 Å². The average molecular weight is 407 g/mol. The summed E-state index contributed by atoms with van der Waals surface area (Å²) in [4.78, 5) is 0. The SMILES string of the molecule is CCCCC[C@H]1CC[C@H](CCCOCCC[C@H]2CC[C@H](CCCCC)CC2)CC1. The molecule has 29 heavy (non-hydrogen) atoms. The predicted molar refractivity (Wildman–Crippen MR) is 128 cm³/mol. The van der Waals surface area contributed by atoms with Crippen LogP contribution in [0.1, 0.15) is 142 Å². The lowest BCUT2D eigenvalue weighted by Gasteiger charge is -2.29. The lowest BCUT2D eigenvalue weighted by molar-refractivity contribution is 0.113. The first-order valence-corrected chi connectivity index (χ1v) is 13.9. The van der Waals surface area contributed by atoms with Crippen molar-refractivity contribution < 1.29 is 4.74 Å². The van der Waals surface area contributed by atoms with Crippen LogP contribution in [-0.4, -0.2) is 13.2 Å². The Balaban J connectivity index is 1.35. The Kier molecular flexibility index (Phi) is 14.5. The molecule has 2 rings (SSSR count). The van der Waals surface area contributed by atoms with Crippen LogP contribution in [0.2, 0.25) is 0 Å². The second-order valence-electron chi connectivity index (χ2n) is 10.7. The van der Waals surface area contributed by atoms with Crippen LogP contribution in [0.25, 0.3) is 0 Å². The molecule has 0 N–H and O–H groups in total. The zero-order valence-electron chi connectivity index (χ0n) is 20.3. The van der Waals surface area contributed by atoms with Gasteiger partial charge >= 0.3 is 0 Å². The maximum Gasteiger partial charge on any atom is 0.0466 e. The molecular formula is C28H54O. The topological polar surface area (TPSA) is 9.23 Å². The van der Waals surface area contributed by atoms with Gasteiger partial charge in [0.25, 0.3) is 0 Å². The van der Waals surface area contributed by atoms with Gasteiger partial charge in [-0.05, 0) is 49.4 Å². The van der Waals surface area contributed by atoms with Crippen LogP contribution in [0.4, 0.5) is 0 Å². The Morgan fingerprint density at radius 1 is 0.448 bits per heavy atom. The van der Waals surface area contributed by atoms with E-state index in [1.807, 2.05) is 0 Å². The largest absolute Gasteiger partial charge is 0.381 e. The number of ether oxygens (including phenoxy) is 1. The van der Waals surface area contributed by atoms with Gasteiger partial charge in [0.2, 0.25) is 0 Å². The smallest absolute Gasteiger partial charge is 0.0466 e. The highest BCUT2D eigenvalue weighted by Crippen LogP contribution is 2.35. The van der Waals surface area contributed by atoms with E-state index in [2.05, 4.69) is 13.8 Å². The van der Waals surface area contributed by atoms with E-state index in [0.717, 1.165) is 36.9 Å². The molecule has 2 aliphatic carbocycles. The molecule has 0 aromatic rings. The Bertz CT molecular complexity index is 315. The summed E-state index contributed by atoms with van der Waals surface area (Å²) in [7, 11) is 0. The Labute approximate surface area is 184 Å². The molecule has 172 valence electrons. The fourth-order valence-electron chi connectivity index (χ4n) is 6.03. The van der Waals surface area contributed by atoms with Gasteiger partial charge < -0.3 is 4.74 Å². The summed E-state index contributed by atoms with van der Waals surface area (Å²) in [5.74, 6) is 4.13. The molecule has 0 saturated heterocycles.